The second kappa shape index (κ2) is 6.15. The molecule has 0 radical (unpaired) electrons. The van der Waals surface area contributed by atoms with Gasteiger partial charge >= 0.3 is 0 Å². The van der Waals surface area contributed by atoms with E-state index in [0.717, 1.165) is 30.9 Å². The minimum Gasteiger partial charge on any atom is -0.364 e. The fourth-order valence-electron chi connectivity index (χ4n) is 4.13. The molecule has 130 valence electrons. The van der Waals surface area contributed by atoms with Crippen LogP contribution in [-0.4, -0.2) is 48.6 Å². The SMILES string of the molecule is Cc1ccnc(N2CC[C@]3(c4ccccc4)[C@@H](C2)OCC(=O)N3C)c1. The molecule has 1 aromatic heterocycles. The molecule has 5 nitrogen and oxygen atoms in total. The van der Waals surface area contributed by atoms with Crippen LogP contribution in [0.15, 0.2) is 48.7 Å². The Kier molecular flexibility index (Phi) is 3.96. The van der Waals surface area contributed by atoms with Crippen molar-refractivity contribution in [1.29, 1.82) is 0 Å². The Labute approximate surface area is 148 Å². The van der Waals surface area contributed by atoms with Crippen molar-refractivity contribution in [1.82, 2.24) is 9.88 Å². The van der Waals surface area contributed by atoms with Crippen molar-refractivity contribution in [2.75, 3.05) is 31.6 Å². The number of piperidine rings is 1. The first-order chi connectivity index (χ1) is 12.1. The summed E-state index contributed by atoms with van der Waals surface area (Å²) in [6, 6.07) is 14.4. The summed E-state index contributed by atoms with van der Waals surface area (Å²) in [5.41, 5.74) is 1.94. The summed E-state index contributed by atoms with van der Waals surface area (Å²) in [5, 5.41) is 0. The van der Waals surface area contributed by atoms with Crippen LogP contribution in [0.2, 0.25) is 0 Å². The lowest BCUT2D eigenvalue weighted by atomic mass is 9.76. The Balaban J connectivity index is 1.70. The number of morpholine rings is 1. The van der Waals surface area contributed by atoms with Crippen molar-refractivity contribution in [3.63, 3.8) is 0 Å². The molecule has 5 heteroatoms. The number of aryl methyl sites for hydroxylation is 1. The molecule has 0 bridgehead atoms. The predicted molar refractivity (Wildman–Crippen MR) is 96.4 cm³/mol. The number of carbonyl (C=O) groups is 1. The van der Waals surface area contributed by atoms with E-state index >= 15 is 0 Å². The molecular weight excluding hydrogens is 314 g/mol. The number of amides is 1. The quantitative estimate of drug-likeness (QED) is 0.844. The first kappa shape index (κ1) is 16.1. The van der Waals surface area contributed by atoms with E-state index in [2.05, 4.69) is 35.0 Å². The van der Waals surface area contributed by atoms with Crippen molar-refractivity contribution in [2.24, 2.45) is 0 Å². The van der Waals surface area contributed by atoms with Crippen LogP contribution in [0.1, 0.15) is 17.5 Å². The molecular formula is C20H23N3O2. The number of ether oxygens (including phenoxy) is 1. The zero-order valence-corrected chi connectivity index (χ0v) is 14.7. The van der Waals surface area contributed by atoms with Crippen molar-refractivity contribution >= 4 is 11.7 Å². The molecule has 2 atom stereocenters. The van der Waals surface area contributed by atoms with Gasteiger partial charge in [-0.05, 0) is 36.6 Å². The molecule has 0 aliphatic carbocycles. The van der Waals surface area contributed by atoms with Gasteiger partial charge in [0, 0.05) is 26.3 Å². The van der Waals surface area contributed by atoms with Crippen molar-refractivity contribution in [3.8, 4) is 0 Å². The Morgan fingerprint density at radius 3 is 2.80 bits per heavy atom. The first-order valence-corrected chi connectivity index (χ1v) is 8.72. The smallest absolute Gasteiger partial charge is 0.249 e. The van der Waals surface area contributed by atoms with Gasteiger partial charge in [0.2, 0.25) is 5.91 Å². The number of carbonyl (C=O) groups excluding carboxylic acids is 1. The molecule has 25 heavy (non-hydrogen) atoms. The van der Waals surface area contributed by atoms with E-state index in [-0.39, 0.29) is 18.6 Å². The summed E-state index contributed by atoms with van der Waals surface area (Å²) in [4.78, 5) is 21.1. The summed E-state index contributed by atoms with van der Waals surface area (Å²) < 4.78 is 6.04. The number of rotatable bonds is 2. The number of nitrogens with zero attached hydrogens (tertiary/aromatic N) is 3. The van der Waals surface area contributed by atoms with Crippen LogP contribution in [0.4, 0.5) is 5.82 Å². The van der Waals surface area contributed by atoms with E-state index in [1.807, 2.05) is 42.4 Å². The van der Waals surface area contributed by atoms with Gasteiger partial charge in [-0.1, -0.05) is 30.3 Å². The molecule has 0 saturated carbocycles. The number of anilines is 1. The third-order valence-corrected chi connectivity index (χ3v) is 5.56. The average molecular weight is 337 g/mol. The highest BCUT2D eigenvalue weighted by Crippen LogP contribution is 2.42. The van der Waals surface area contributed by atoms with Crippen LogP contribution in [0.3, 0.4) is 0 Å². The van der Waals surface area contributed by atoms with Crippen LogP contribution in [0, 0.1) is 6.92 Å². The van der Waals surface area contributed by atoms with Crippen LogP contribution in [0.5, 0.6) is 0 Å². The molecule has 2 aliphatic rings. The van der Waals surface area contributed by atoms with Gasteiger partial charge in [-0.2, -0.15) is 0 Å². The number of likely N-dealkylation sites (N-methyl/N-ethyl adjacent to an activating group) is 1. The molecule has 1 aromatic carbocycles. The summed E-state index contributed by atoms with van der Waals surface area (Å²) in [5.74, 6) is 1.02. The van der Waals surface area contributed by atoms with E-state index in [0.29, 0.717) is 0 Å². The lowest BCUT2D eigenvalue weighted by molar-refractivity contribution is -0.173. The third-order valence-electron chi connectivity index (χ3n) is 5.56. The standard InChI is InChI=1S/C20H23N3O2/c1-15-8-10-21-18(12-15)23-11-9-20(16-6-4-3-5-7-16)17(13-23)25-14-19(24)22(20)2/h3-8,10,12,17H,9,11,13-14H2,1-2H3/t17-,20+/m1/s1. The molecule has 3 heterocycles. The van der Waals surface area contributed by atoms with Crippen molar-refractivity contribution < 1.29 is 9.53 Å². The Morgan fingerprint density at radius 2 is 2.04 bits per heavy atom. The molecule has 2 aliphatic heterocycles. The normalized spacial score (nSPS) is 26.5. The molecule has 2 aromatic rings. The lowest BCUT2D eigenvalue weighted by Gasteiger charge is -2.55. The molecule has 0 spiro atoms. The van der Waals surface area contributed by atoms with Gasteiger partial charge in [-0.3, -0.25) is 4.79 Å². The average Bonchev–Trinajstić information content (AvgIpc) is 2.65. The summed E-state index contributed by atoms with van der Waals surface area (Å²) >= 11 is 0. The van der Waals surface area contributed by atoms with Gasteiger partial charge in [-0.15, -0.1) is 0 Å². The van der Waals surface area contributed by atoms with E-state index < -0.39 is 5.54 Å². The summed E-state index contributed by atoms with van der Waals surface area (Å²) in [6.07, 6.45) is 2.59. The number of aromatic nitrogens is 1. The largest absolute Gasteiger partial charge is 0.364 e. The van der Waals surface area contributed by atoms with Gasteiger partial charge in [0.1, 0.15) is 18.5 Å². The fraction of sp³-hybridized carbons (Fsp3) is 0.400. The minimum absolute atomic E-state index is 0.0437. The Bertz CT molecular complexity index is 780. The van der Waals surface area contributed by atoms with Crippen LogP contribution < -0.4 is 4.90 Å². The maximum atomic E-state index is 12.4. The molecule has 2 saturated heterocycles. The van der Waals surface area contributed by atoms with E-state index in [1.165, 1.54) is 5.56 Å². The Hall–Kier alpha value is -2.40. The van der Waals surface area contributed by atoms with Gasteiger partial charge in [0.15, 0.2) is 0 Å². The topological polar surface area (TPSA) is 45.7 Å². The second-order valence-corrected chi connectivity index (χ2v) is 6.93. The maximum Gasteiger partial charge on any atom is 0.249 e. The van der Waals surface area contributed by atoms with Crippen molar-refractivity contribution in [2.45, 2.75) is 25.0 Å². The molecule has 4 rings (SSSR count). The van der Waals surface area contributed by atoms with Gasteiger partial charge in [-0.25, -0.2) is 4.98 Å². The third kappa shape index (κ3) is 2.59. The van der Waals surface area contributed by atoms with E-state index in [1.54, 1.807) is 0 Å². The van der Waals surface area contributed by atoms with E-state index in [9.17, 15) is 4.79 Å². The van der Waals surface area contributed by atoms with Crippen LogP contribution in [-0.2, 0) is 15.1 Å². The lowest BCUT2D eigenvalue weighted by Crippen LogP contribution is -2.67. The van der Waals surface area contributed by atoms with Gasteiger partial charge in [0.25, 0.3) is 0 Å². The van der Waals surface area contributed by atoms with Gasteiger partial charge in [0.05, 0.1) is 5.54 Å². The minimum atomic E-state index is -0.406. The highest BCUT2D eigenvalue weighted by molar-refractivity contribution is 5.79. The number of hydrogen-bond donors (Lipinski definition) is 0. The molecule has 0 N–H and O–H groups in total. The molecule has 0 unspecified atom stereocenters. The second-order valence-electron chi connectivity index (χ2n) is 6.93. The van der Waals surface area contributed by atoms with Crippen molar-refractivity contribution in [3.05, 3.63) is 59.8 Å². The zero-order chi connectivity index (χ0) is 17.4. The van der Waals surface area contributed by atoms with E-state index in [4.69, 9.17) is 4.74 Å². The summed E-state index contributed by atoms with van der Waals surface area (Å²) in [7, 11) is 1.91. The monoisotopic (exact) mass is 337 g/mol. The Morgan fingerprint density at radius 1 is 1.24 bits per heavy atom. The maximum absolute atomic E-state index is 12.4. The highest BCUT2D eigenvalue weighted by Gasteiger charge is 2.52. The number of hydrogen-bond acceptors (Lipinski definition) is 4. The molecule has 1 amide bonds. The molecule has 2 fully saturated rings. The van der Waals surface area contributed by atoms with Gasteiger partial charge < -0.3 is 14.5 Å². The first-order valence-electron chi connectivity index (χ1n) is 8.72. The number of benzene rings is 1. The highest BCUT2D eigenvalue weighted by atomic mass is 16.5. The number of fused-ring (bicyclic) bond motifs is 1. The van der Waals surface area contributed by atoms with Crippen LogP contribution in [0.25, 0.3) is 0 Å². The predicted octanol–water partition coefficient (Wildman–Crippen LogP) is 2.35. The number of pyridine rings is 1. The van der Waals surface area contributed by atoms with Crippen LogP contribution >= 0.6 is 0 Å². The zero-order valence-electron chi connectivity index (χ0n) is 14.7. The fourth-order valence-corrected chi connectivity index (χ4v) is 4.13. The summed E-state index contributed by atoms with van der Waals surface area (Å²) in [6.45, 7) is 3.78.